The maximum absolute atomic E-state index is 12.7. The molecule has 2 N–H and O–H groups in total. The normalized spacial score (nSPS) is 11.7. The maximum Gasteiger partial charge on any atom is 0.321 e. The van der Waals surface area contributed by atoms with Crippen LogP contribution in [0.3, 0.4) is 0 Å². The van der Waals surface area contributed by atoms with E-state index >= 15 is 0 Å². The molecule has 0 aliphatic heterocycles. The van der Waals surface area contributed by atoms with Gasteiger partial charge in [0.25, 0.3) is 0 Å². The van der Waals surface area contributed by atoms with Gasteiger partial charge in [-0.05, 0) is 54.9 Å². The van der Waals surface area contributed by atoms with Crippen LogP contribution >= 0.6 is 25.0 Å². The van der Waals surface area contributed by atoms with Crippen molar-refractivity contribution in [3.63, 3.8) is 0 Å². The highest BCUT2D eigenvalue weighted by Crippen LogP contribution is 2.30. The SMILES string of the molecule is CCCCc1ccc(OC(=O)C(CC(=O)O)C(=S)NS)c(CCC)c1CCCC. The topological polar surface area (TPSA) is 75.6 Å². The summed E-state index contributed by atoms with van der Waals surface area (Å²) in [5.74, 6) is -2.35. The summed E-state index contributed by atoms with van der Waals surface area (Å²) in [6.07, 6.45) is 7.65. The second-order valence-corrected chi connectivity index (χ2v) is 7.85. The third-order valence-corrected chi connectivity index (χ3v) is 5.64. The van der Waals surface area contributed by atoms with E-state index in [-0.39, 0.29) is 4.99 Å². The predicted octanol–water partition coefficient (Wildman–Crippen LogP) is 5.08. The van der Waals surface area contributed by atoms with Crippen molar-refractivity contribution in [2.45, 2.75) is 78.6 Å². The molecule has 5 nitrogen and oxygen atoms in total. The summed E-state index contributed by atoms with van der Waals surface area (Å²) in [4.78, 5) is 23.9. The lowest BCUT2D eigenvalue weighted by molar-refractivity contribution is -0.144. The highest BCUT2D eigenvalue weighted by atomic mass is 32.1. The first-order valence-corrected chi connectivity index (χ1v) is 11.3. The van der Waals surface area contributed by atoms with Gasteiger partial charge in [0.15, 0.2) is 0 Å². The smallest absolute Gasteiger partial charge is 0.321 e. The van der Waals surface area contributed by atoms with Crippen molar-refractivity contribution in [3.05, 3.63) is 28.8 Å². The number of thiocarbonyl (C=S) groups is 1. The number of carbonyl (C=O) groups is 2. The molecule has 0 saturated carbocycles. The van der Waals surface area contributed by atoms with Gasteiger partial charge in [0, 0.05) is 0 Å². The number of aryl methyl sites for hydroxylation is 1. The Labute approximate surface area is 185 Å². The van der Waals surface area contributed by atoms with Gasteiger partial charge in [0.05, 0.1) is 11.4 Å². The number of nitrogens with one attached hydrogen (secondary N) is 1. The Morgan fingerprint density at radius 3 is 2.28 bits per heavy atom. The minimum absolute atomic E-state index is 0.0450. The lowest BCUT2D eigenvalue weighted by atomic mass is 9.90. The average molecular weight is 440 g/mol. The molecule has 0 aliphatic carbocycles. The van der Waals surface area contributed by atoms with Crippen molar-refractivity contribution in [1.29, 1.82) is 0 Å². The molecule has 0 radical (unpaired) electrons. The number of thiol groups is 1. The average Bonchev–Trinajstić information content (AvgIpc) is 2.70. The summed E-state index contributed by atoms with van der Waals surface area (Å²) in [6.45, 7) is 6.44. The molecule has 162 valence electrons. The number of unbranched alkanes of at least 4 members (excludes halogenated alkanes) is 2. The summed E-state index contributed by atoms with van der Waals surface area (Å²) in [5.41, 5.74) is 3.65. The zero-order valence-corrected chi connectivity index (χ0v) is 19.3. The molecule has 0 amide bonds. The molecule has 1 unspecified atom stereocenters. The Kier molecular flexibility index (Phi) is 11.9. The molecule has 0 saturated heterocycles. The summed E-state index contributed by atoms with van der Waals surface area (Å²) < 4.78 is 8.11. The van der Waals surface area contributed by atoms with Gasteiger partial charge in [-0.15, -0.1) is 0 Å². The minimum atomic E-state index is -1.12. The van der Waals surface area contributed by atoms with E-state index in [0.29, 0.717) is 5.75 Å². The van der Waals surface area contributed by atoms with Crippen molar-refractivity contribution in [2.24, 2.45) is 5.92 Å². The van der Waals surface area contributed by atoms with Crippen molar-refractivity contribution in [3.8, 4) is 5.75 Å². The Bertz CT molecular complexity index is 706. The Morgan fingerprint density at radius 1 is 1.07 bits per heavy atom. The summed E-state index contributed by atoms with van der Waals surface area (Å²) >= 11 is 8.93. The molecular weight excluding hydrogens is 406 g/mol. The zero-order chi connectivity index (χ0) is 21.8. The molecule has 7 heteroatoms. The number of carboxylic acids is 1. The van der Waals surface area contributed by atoms with E-state index in [9.17, 15) is 9.59 Å². The van der Waals surface area contributed by atoms with Crippen LogP contribution in [0, 0.1) is 5.92 Å². The summed E-state index contributed by atoms with van der Waals surface area (Å²) in [6, 6.07) is 3.89. The van der Waals surface area contributed by atoms with E-state index in [4.69, 9.17) is 22.1 Å². The first-order valence-electron chi connectivity index (χ1n) is 10.4. The Hall–Kier alpha value is -1.60. The molecule has 1 aromatic carbocycles. The monoisotopic (exact) mass is 439 g/mol. The van der Waals surface area contributed by atoms with Gasteiger partial charge in [0.2, 0.25) is 0 Å². The van der Waals surface area contributed by atoms with Crippen LogP contribution in [0.2, 0.25) is 0 Å². The van der Waals surface area contributed by atoms with Crippen LogP contribution in [0.15, 0.2) is 12.1 Å². The third-order valence-electron chi connectivity index (χ3n) is 4.87. The van der Waals surface area contributed by atoms with E-state index in [1.807, 2.05) is 12.1 Å². The third kappa shape index (κ3) is 7.97. The van der Waals surface area contributed by atoms with E-state index in [2.05, 4.69) is 38.3 Å². The highest BCUT2D eigenvalue weighted by molar-refractivity contribution is 7.84. The highest BCUT2D eigenvalue weighted by Gasteiger charge is 2.29. The predicted molar refractivity (Wildman–Crippen MR) is 124 cm³/mol. The van der Waals surface area contributed by atoms with Crippen LogP contribution in [0.5, 0.6) is 5.75 Å². The quantitative estimate of drug-likeness (QED) is 0.172. The fourth-order valence-electron chi connectivity index (χ4n) is 3.32. The van der Waals surface area contributed by atoms with Gasteiger partial charge in [-0.25, -0.2) is 0 Å². The van der Waals surface area contributed by atoms with Gasteiger partial charge in [-0.2, -0.15) is 0 Å². The molecule has 29 heavy (non-hydrogen) atoms. The number of ether oxygens (including phenoxy) is 1. The molecule has 0 aromatic heterocycles. The first-order chi connectivity index (χ1) is 13.9. The minimum Gasteiger partial charge on any atom is -0.481 e. The van der Waals surface area contributed by atoms with Crippen molar-refractivity contribution >= 4 is 42.0 Å². The molecule has 0 spiro atoms. The molecule has 0 heterocycles. The number of carbonyl (C=O) groups excluding carboxylic acids is 1. The fraction of sp³-hybridized carbons (Fsp3) is 0.591. The van der Waals surface area contributed by atoms with E-state index < -0.39 is 24.3 Å². The van der Waals surface area contributed by atoms with Crippen LogP contribution < -0.4 is 9.46 Å². The molecule has 1 atom stereocenters. The number of hydrogen-bond donors (Lipinski definition) is 3. The first kappa shape index (κ1) is 25.4. The summed E-state index contributed by atoms with van der Waals surface area (Å²) in [5, 5.41) is 9.12. The largest absolute Gasteiger partial charge is 0.481 e. The Morgan fingerprint density at radius 2 is 1.72 bits per heavy atom. The number of hydrogen-bond acceptors (Lipinski definition) is 5. The van der Waals surface area contributed by atoms with Crippen molar-refractivity contribution < 1.29 is 19.4 Å². The molecule has 1 aromatic rings. The number of carboxylic acid groups (broad SMARTS) is 1. The van der Waals surface area contributed by atoms with E-state index in [1.54, 1.807) is 0 Å². The zero-order valence-electron chi connectivity index (χ0n) is 17.6. The number of rotatable bonds is 13. The molecular formula is C22H33NO4S2. The lowest BCUT2D eigenvalue weighted by Crippen LogP contribution is -2.34. The van der Waals surface area contributed by atoms with Gasteiger partial charge < -0.3 is 14.6 Å². The molecule has 1 rings (SSSR count). The number of aliphatic carboxylic acids is 1. The number of esters is 1. The van der Waals surface area contributed by atoms with Gasteiger partial charge >= 0.3 is 11.9 Å². The Balaban J connectivity index is 3.28. The van der Waals surface area contributed by atoms with Gasteiger partial charge in [-0.3, -0.25) is 9.59 Å². The van der Waals surface area contributed by atoms with Gasteiger partial charge in [-0.1, -0.05) is 71.1 Å². The fourth-order valence-corrected chi connectivity index (χ4v) is 3.66. The van der Waals surface area contributed by atoms with Crippen molar-refractivity contribution in [1.82, 2.24) is 4.72 Å². The maximum atomic E-state index is 12.7. The second-order valence-electron chi connectivity index (χ2n) is 7.18. The van der Waals surface area contributed by atoms with Crippen LogP contribution in [0.25, 0.3) is 0 Å². The standard InChI is InChI=1S/C22H33NO4S2/c1-4-7-10-15-12-13-19(17(9-6-3)16(15)11-8-5-2)27-22(26)18(14-20(24)25)21(28)23-29/h12-13,18,29H,4-11,14H2,1-3H3,(H,23,28)(H,24,25). The van der Waals surface area contributed by atoms with Crippen LogP contribution in [0.4, 0.5) is 0 Å². The number of benzene rings is 1. The van der Waals surface area contributed by atoms with Crippen molar-refractivity contribution in [2.75, 3.05) is 0 Å². The van der Waals surface area contributed by atoms with Crippen LogP contribution in [-0.4, -0.2) is 22.0 Å². The molecule has 0 fully saturated rings. The van der Waals surface area contributed by atoms with Crippen LogP contribution in [0.1, 0.15) is 76.0 Å². The van der Waals surface area contributed by atoms with Gasteiger partial charge in [0.1, 0.15) is 11.7 Å². The van der Waals surface area contributed by atoms with E-state index in [0.717, 1.165) is 56.9 Å². The molecule has 0 aliphatic rings. The second kappa shape index (κ2) is 13.6. The van der Waals surface area contributed by atoms with E-state index in [1.165, 1.54) is 11.1 Å². The molecule has 0 bridgehead atoms. The lowest BCUT2D eigenvalue weighted by Gasteiger charge is -2.20. The summed E-state index contributed by atoms with van der Waals surface area (Å²) in [7, 11) is 0. The van der Waals surface area contributed by atoms with Crippen LogP contribution in [-0.2, 0) is 28.9 Å².